The third-order valence-electron chi connectivity index (χ3n) is 2.32. The van der Waals surface area contributed by atoms with Crippen molar-refractivity contribution in [3.05, 3.63) is 29.3 Å². The van der Waals surface area contributed by atoms with Gasteiger partial charge in [-0.2, -0.15) is 4.39 Å². The van der Waals surface area contributed by atoms with E-state index in [-0.39, 0.29) is 5.92 Å². The molecule has 13 heavy (non-hydrogen) atoms. The van der Waals surface area contributed by atoms with Crippen molar-refractivity contribution in [3.8, 4) is 5.75 Å². The number of aromatic hydroxyl groups is 1. The van der Waals surface area contributed by atoms with Crippen LogP contribution in [0, 0.1) is 11.6 Å². The molecule has 1 aliphatic heterocycles. The Morgan fingerprint density at radius 2 is 2.00 bits per heavy atom. The second-order valence-electron chi connectivity index (χ2n) is 3.15. The van der Waals surface area contributed by atoms with Gasteiger partial charge in [0.1, 0.15) is 0 Å². The van der Waals surface area contributed by atoms with Gasteiger partial charge < -0.3 is 10.4 Å². The fraction of sp³-hybridized carbons (Fsp3) is 0.333. The lowest BCUT2D eigenvalue weighted by atomic mass is 9.93. The summed E-state index contributed by atoms with van der Waals surface area (Å²) in [5, 5.41) is 12.3. The fourth-order valence-electron chi connectivity index (χ4n) is 1.39. The van der Waals surface area contributed by atoms with Crippen LogP contribution in [-0.4, -0.2) is 18.2 Å². The van der Waals surface area contributed by atoms with E-state index in [9.17, 15) is 13.9 Å². The van der Waals surface area contributed by atoms with E-state index in [0.29, 0.717) is 18.7 Å². The molecule has 1 aromatic rings. The van der Waals surface area contributed by atoms with Crippen LogP contribution in [0.2, 0.25) is 0 Å². The molecular formula is C9H9F2NO. The average molecular weight is 185 g/mol. The van der Waals surface area contributed by atoms with Crippen molar-refractivity contribution in [2.45, 2.75) is 5.92 Å². The lowest BCUT2D eigenvalue weighted by Crippen LogP contribution is -2.39. The van der Waals surface area contributed by atoms with Gasteiger partial charge in [-0.25, -0.2) is 4.39 Å². The Labute approximate surface area is 74.2 Å². The van der Waals surface area contributed by atoms with E-state index in [1.165, 1.54) is 6.07 Å². The van der Waals surface area contributed by atoms with Gasteiger partial charge in [-0.3, -0.25) is 0 Å². The van der Waals surface area contributed by atoms with E-state index in [1.54, 1.807) is 0 Å². The first kappa shape index (κ1) is 8.44. The number of benzene rings is 1. The molecule has 0 bridgehead atoms. The molecule has 2 N–H and O–H groups in total. The highest BCUT2D eigenvalue weighted by Crippen LogP contribution is 2.31. The van der Waals surface area contributed by atoms with Crippen LogP contribution in [0.4, 0.5) is 8.78 Å². The lowest BCUT2D eigenvalue weighted by Gasteiger charge is -2.28. The summed E-state index contributed by atoms with van der Waals surface area (Å²) in [6.07, 6.45) is 0. The number of nitrogens with one attached hydrogen (secondary N) is 1. The summed E-state index contributed by atoms with van der Waals surface area (Å²) in [5.41, 5.74) is 0.484. The number of halogens is 2. The molecule has 0 amide bonds. The van der Waals surface area contributed by atoms with Gasteiger partial charge in [-0.15, -0.1) is 0 Å². The van der Waals surface area contributed by atoms with Gasteiger partial charge in [-0.1, -0.05) is 6.07 Å². The minimum absolute atomic E-state index is 0.107. The highest BCUT2D eigenvalue weighted by Gasteiger charge is 2.24. The Bertz CT molecular complexity index is 337. The predicted molar refractivity (Wildman–Crippen MR) is 43.6 cm³/mol. The first-order chi connectivity index (χ1) is 6.20. The molecule has 4 heteroatoms. The standard InChI is InChI=1S/C9H9F2NO/c10-7-2-1-6(5-3-12-4-5)9(13)8(7)11/h1-2,5,12-13H,3-4H2. The topological polar surface area (TPSA) is 32.3 Å². The van der Waals surface area contributed by atoms with Crippen LogP contribution in [0.1, 0.15) is 11.5 Å². The van der Waals surface area contributed by atoms with Crippen LogP contribution >= 0.6 is 0 Å². The van der Waals surface area contributed by atoms with Crippen LogP contribution in [-0.2, 0) is 0 Å². The number of hydrogen-bond acceptors (Lipinski definition) is 2. The molecular weight excluding hydrogens is 176 g/mol. The van der Waals surface area contributed by atoms with E-state index >= 15 is 0 Å². The molecule has 0 radical (unpaired) electrons. The molecule has 1 aliphatic rings. The first-order valence-electron chi connectivity index (χ1n) is 4.07. The minimum atomic E-state index is -1.15. The Morgan fingerprint density at radius 3 is 2.54 bits per heavy atom. The van der Waals surface area contributed by atoms with Gasteiger partial charge in [0.2, 0.25) is 5.82 Å². The van der Waals surface area contributed by atoms with Gasteiger partial charge in [0.25, 0.3) is 0 Å². The second-order valence-corrected chi connectivity index (χ2v) is 3.15. The van der Waals surface area contributed by atoms with Crippen LogP contribution in [0.15, 0.2) is 12.1 Å². The molecule has 0 aromatic heterocycles. The highest BCUT2D eigenvalue weighted by atomic mass is 19.2. The average Bonchev–Trinajstić information content (AvgIpc) is 2.03. The smallest absolute Gasteiger partial charge is 0.200 e. The summed E-state index contributed by atoms with van der Waals surface area (Å²) in [5.74, 6) is -2.60. The van der Waals surface area contributed by atoms with Gasteiger partial charge >= 0.3 is 0 Å². The third kappa shape index (κ3) is 1.27. The summed E-state index contributed by atoms with van der Waals surface area (Å²) in [6.45, 7) is 1.41. The number of hydrogen-bond donors (Lipinski definition) is 2. The molecule has 1 saturated heterocycles. The molecule has 0 spiro atoms. The zero-order valence-electron chi connectivity index (χ0n) is 6.85. The molecule has 0 unspecified atom stereocenters. The zero-order valence-corrected chi connectivity index (χ0v) is 6.85. The van der Waals surface area contributed by atoms with Crippen molar-refractivity contribution >= 4 is 0 Å². The van der Waals surface area contributed by atoms with E-state index in [4.69, 9.17) is 0 Å². The molecule has 1 heterocycles. The van der Waals surface area contributed by atoms with Crippen molar-refractivity contribution in [2.75, 3.05) is 13.1 Å². The summed E-state index contributed by atoms with van der Waals surface area (Å²) in [4.78, 5) is 0. The van der Waals surface area contributed by atoms with E-state index in [0.717, 1.165) is 6.07 Å². The predicted octanol–water partition coefficient (Wildman–Crippen LogP) is 1.36. The summed E-state index contributed by atoms with van der Waals surface area (Å²) in [6, 6.07) is 2.47. The Balaban J connectivity index is 2.41. The van der Waals surface area contributed by atoms with E-state index < -0.39 is 17.4 Å². The molecule has 2 nitrogen and oxygen atoms in total. The Hall–Kier alpha value is -1.16. The molecule has 70 valence electrons. The lowest BCUT2D eigenvalue weighted by molar-refractivity contribution is 0.377. The van der Waals surface area contributed by atoms with Crippen LogP contribution in [0.25, 0.3) is 0 Å². The zero-order chi connectivity index (χ0) is 9.42. The van der Waals surface area contributed by atoms with Crippen molar-refractivity contribution < 1.29 is 13.9 Å². The maximum Gasteiger partial charge on any atom is 0.200 e. The first-order valence-corrected chi connectivity index (χ1v) is 4.07. The summed E-state index contributed by atoms with van der Waals surface area (Å²) in [7, 11) is 0. The van der Waals surface area contributed by atoms with Gasteiger partial charge in [0.15, 0.2) is 11.6 Å². The van der Waals surface area contributed by atoms with Crippen molar-refractivity contribution in [1.29, 1.82) is 0 Å². The second kappa shape index (κ2) is 2.96. The summed E-state index contributed by atoms with van der Waals surface area (Å²) >= 11 is 0. The van der Waals surface area contributed by atoms with Crippen LogP contribution in [0.5, 0.6) is 5.75 Å². The molecule has 0 atom stereocenters. The maximum absolute atomic E-state index is 12.9. The van der Waals surface area contributed by atoms with Crippen LogP contribution in [0.3, 0.4) is 0 Å². The fourth-order valence-corrected chi connectivity index (χ4v) is 1.39. The molecule has 0 aliphatic carbocycles. The molecule has 1 aromatic carbocycles. The van der Waals surface area contributed by atoms with Gasteiger partial charge in [-0.05, 0) is 6.07 Å². The summed E-state index contributed by atoms with van der Waals surface area (Å²) < 4.78 is 25.5. The van der Waals surface area contributed by atoms with Crippen LogP contribution < -0.4 is 5.32 Å². The maximum atomic E-state index is 12.9. The van der Waals surface area contributed by atoms with Gasteiger partial charge in [0, 0.05) is 24.6 Å². The number of phenols is 1. The SMILES string of the molecule is Oc1c(C2CNC2)ccc(F)c1F. The quantitative estimate of drug-likeness (QED) is 0.692. The molecule has 0 saturated carbocycles. The Morgan fingerprint density at radius 1 is 1.31 bits per heavy atom. The minimum Gasteiger partial charge on any atom is -0.505 e. The largest absolute Gasteiger partial charge is 0.505 e. The number of phenolic OH excluding ortho intramolecular Hbond substituents is 1. The molecule has 2 rings (SSSR count). The van der Waals surface area contributed by atoms with E-state index in [1.807, 2.05) is 0 Å². The Kier molecular flexibility index (Phi) is 1.92. The normalized spacial score (nSPS) is 17.1. The monoisotopic (exact) mass is 185 g/mol. The third-order valence-corrected chi connectivity index (χ3v) is 2.32. The van der Waals surface area contributed by atoms with E-state index in [2.05, 4.69) is 5.32 Å². The number of rotatable bonds is 1. The van der Waals surface area contributed by atoms with Crippen molar-refractivity contribution in [2.24, 2.45) is 0 Å². The van der Waals surface area contributed by atoms with Gasteiger partial charge in [0.05, 0.1) is 0 Å². The molecule has 1 fully saturated rings. The van der Waals surface area contributed by atoms with Crippen molar-refractivity contribution in [3.63, 3.8) is 0 Å². The van der Waals surface area contributed by atoms with Crippen molar-refractivity contribution in [1.82, 2.24) is 5.32 Å². The highest BCUT2D eigenvalue weighted by molar-refractivity contribution is 5.38.